The minimum Gasteiger partial charge on any atom is -0.872 e. The van der Waals surface area contributed by atoms with E-state index < -0.39 is 10.1 Å². The van der Waals surface area contributed by atoms with Gasteiger partial charge in [-0.1, -0.05) is 76.3 Å². The van der Waals surface area contributed by atoms with Gasteiger partial charge in [0.05, 0.1) is 4.90 Å². The van der Waals surface area contributed by atoms with Crippen molar-refractivity contribution in [1.29, 1.82) is 0 Å². The number of rotatable bonds is 14. The van der Waals surface area contributed by atoms with Crippen LogP contribution in [0, 0.1) is 0 Å². The summed E-state index contributed by atoms with van der Waals surface area (Å²) in [5.74, 6) is 0.988. The van der Waals surface area contributed by atoms with Crippen molar-refractivity contribution >= 4 is 10.1 Å². The fourth-order valence-corrected chi connectivity index (χ4v) is 3.91. The molecule has 31 heavy (non-hydrogen) atoms. The molecule has 2 aromatic rings. The van der Waals surface area contributed by atoms with Crippen LogP contribution in [0.2, 0.25) is 0 Å². The van der Waals surface area contributed by atoms with Crippen molar-refractivity contribution in [3.8, 4) is 17.2 Å². The predicted octanol–water partition coefficient (Wildman–Crippen LogP) is 3.27. The van der Waals surface area contributed by atoms with Crippen LogP contribution in [0.3, 0.4) is 0 Å². The molecule has 1 N–H and O–H groups in total. The third-order valence-corrected chi connectivity index (χ3v) is 6.06. The maximum absolute atomic E-state index is 12.1. The normalized spacial score (nSPS) is 11.2. The average molecular weight is 457 g/mol. The van der Waals surface area contributed by atoms with E-state index in [1.165, 1.54) is 81.7 Å². The molecule has 0 heterocycles. The Kier molecular flexibility index (Phi) is 13.5. The molecule has 0 radical (unpaired) electrons. The number of hydrogen-bond donors (Lipinski definition) is 1. The fourth-order valence-electron chi connectivity index (χ4n) is 3.43. The van der Waals surface area contributed by atoms with Gasteiger partial charge in [0.25, 0.3) is 10.1 Å². The Morgan fingerprint density at radius 2 is 1.32 bits per heavy atom. The first kappa shape index (κ1) is 28.0. The Morgan fingerprint density at radius 1 is 0.806 bits per heavy atom. The topological polar surface area (TPSA) is 86.7 Å². The first-order valence-corrected chi connectivity index (χ1v) is 12.4. The zero-order chi connectivity index (χ0) is 21.8. The largest absolute Gasteiger partial charge is 1.00 e. The summed E-state index contributed by atoms with van der Waals surface area (Å²) in [6.45, 7) is 2.24. The molecule has 0 fully saturated rings. The molecular weight excluding hydrogens is 423 g/mol. The van der Waals surface area contributed by atoms with Crippen molar-refractivity contribution < 1.29 is 52.4 Å². The molecule has 0 spiro atoms. The van der Waals surface area contributed by atoms with Crippen LogP contribution in [0.25, 0.3) is 0 Å². The summed E-state index contributed by atoms with van der Waals surface area (Å²) in [5, 5.41) is 12.1. The van der Waals surface area contributed by atoms with Gasteiger partial charge < -0.3 is 9.84 Å². The van der Waals surface area contributed by atoms with Crippen LogP contribution in [0.1, 0.15) is 76.7 Å². The first-order chi connectivity index (χ1) is 14.4. The van der Waals surface area contributed by atoms with Crippen LogP contribution in [0.5, 0.6) is 17.2 Å². The Labute approximate surface area is 209 Å². The van der Waals surface area contributed by atoms with E-state index in [-0.39, 0.29) is 40.2 Å². The van der Waals surface area contributed by atoms with E-state index in [1.54, 1.807) is 12.1 Å². The van der Waals surface area contributed by atoms with Gasteiger partial charge in [0.15, 0.2) is 0 Å². The Balaban J connectivity index is 0.00000480. The van der Waals surface area contributed by atoms with Crippen molar-refractivity contribution in [2.24, 2.45) is 0 Å². The molecule has 2 rings (SSSR count). The van der Waals surface area contributed by atoms with E-state index in [9.17, 15) is 13.5 Å². The molecule has 0 aromatic heterocycles. The standard InChI is InChI=1S/C24H34O5S.Na/c1-2-3-4-5-6-7-8-9-10-11-12-20-19-22(15-18-24(20)25)29-21-13-16-23(17-14-21)30(26,27)28;/h13-19,25H,2-12H2,1H3,(H,26,27,28);/q;+1/p-1. The zero-order valence-electron chi connectivity index (χ0n) is 18.8. The van der Waals surface area contributed by atoms with Crippen LogP contribution in [0.15, 0.2) is 47.4 Å². The fraction of sp³-hybridized carbons (Fsp3) is 0.500. The van der Waals surface area contributed by atoms with Crippen molar-refractivity contribution in [2.75, 3.05) is 0 Å². The quantitative estimate of drug-likeness (QED) is 0.268. The second kappa shape index (κ2) is 14.9. The van der Waals surface area contributed by atoms with Gasteiger partial charge in [-0.05, 0) is 49.2 Å². The van der Waals surface area contributed by atoms with E-state index in [0.717, 1.165) is 24.8 Å². The average Bonchev–Trinajstić information content (AvgIpc) is 2.71. The van der Waals surface area contributed by atoms with Gasteiger partial charge in [-0.15, -0.1) is 5.75 Å². The molecule has 7 heteroatoms. The van der Waals surface area contributed by atoms with E-state index in [2.05, 4.69) is 6.92 Å². The SMILES string of the molecule is CCCCCCCCCCCCc1cc(Oc2ccc(S(=O)(=O)O)cc2)ccc1[O-].[Na+]. The summed E-state index contributed by atoms with van der Waals surface area (Å²) < 4.78 is 37.0. The third kappa shape index (κ3) is 10.9. The predicted molar refractivity (Wildman–Crippen MR) is 118 cm³/mol. The van der Waals surface area contributed by atoms with Crippen LogP contribution in [-0.4, -0.2) is 13.0 Å². The van der Waals surface area contributed by atoms with Gasteiger partial charge in [0, 0.05) is 0 Å². The molecule has 0 saturated carbocycles. The molecule has 0 unspecified atom stereocenters. The summed E-state index contributed by atoms with van der Waals surface area (Å²) in [4.78, 5) is -0.189. The summed E-state index contributed by atoms with van der Waals surface area (Å²) in [7, 11) is -4.23. The van der Waals surface area contributed by atoms with Gasteiger partial charge in [0.1, 0.15) is 11.5 Å². The smallest absolute Gasteiger partial charge is 0.872 e. The summed E-state index contributed by atoms with van der Waals surface area (Å²) >= 11 is 0. The van der Waals surface area contributed by atoms with Gasteiger partial charge in [0.2, 0.25) is 0 Å². The molecule has 0 aliphatic carbocycles. The summed E-state index contributed by atoms with van der Waals surface area (Å²) in [6, 6.07) is 10.4. The Bertz CT molecular complexity index is 866. The van der Waals surface area contributed by atoms with Gasteiger partial charge in [-0.3, -0.25) is 4.55 Å². The second-order valence-corrected chi connectivity index (χ2v) is 9.17. The van der Waals surface area contributed by atoms with Crippen LogP contribution < -0.4 is 39.4 Å². The molecular formula is C24H33NaO5S. The number of unbranched alkanes of at least 4 members (excludes halogenated alkanes) is 9. The second-order valence-electron chi connectivity index (χ2n) is 7.75. The molecule has 0 atom stereocenters. The van der Waals surface area contributed by atoms with Gasteiger partial charge in [-0.25, -0.2) is 0 Å². The number of aryl methyl sites for hydroxylation is 1. The molecule has 0 amide bonds. The monoisotopic (exact) mass is 456 g/mol. The van der Waals surface area contributed by atoms with Crippen molar-refractivity contribution in [2.45, 2.75) is 82.4 Å². The minimum absolute atomic E-state index is 0. The van der Waals surface area contributed by atoms with Crippen LogP contribution in [0.4, 0.5) is 0 Å². The zero-order valence-corrected chi connectivity index (χ0v) is 21.6. The van der Waals surface area contributed by atoms with Crippen molar-refractivity contribution in [3.63, 3.8) is 0 Å². The van der Waals surface area contributed by atoms with Crippen molar-refractivity contribution in [3.05, 3.63) is 48.0 Å². The number of hydrogen-bond acceptors (Lipinski definition) is 4. The number of benzene rings is 2. The summed E-state index contributed by atoms with van der Waals surface area (Å²) in [6.07, 6.45) is 13.3. The maximum Gasteiger partial charge on any atom is 1.00 e. The van der Waals surface area contributed by atoms with Gasteiger partial charge >= 0.3 is 29.6 Å². The van der Waals surface area contributed by atoms with E-state index in [4.69, 9.17) is 9.29 Å². The number of ether oxygens (including phenoxy) is 1. The molecule has 5 nitrogen and oxygen atoms in total. The van der Waals surface area contributed by atoms with Crippen LogP contribution in [-0.2, 0) is 16.5 Å². The third-order valence-electron chi connectivity index (χ3n) is 5.19. The van der Waals surface area contributed by atoms with E-state index in [0.29, 0.717) is 11.5 Å². The molecule has 0 aliphatic heterocycles. The Morgan fingerprint density at radius 3 is 1.87 bits per heavy atom. The molecule has 2 aromatic carbocycles. The molecule has 0 bridgehead atoms. The van der Waals surface area contributed by atoms with Gasteiger partial charge in [-0.2, -0.15) is 8.42 Å². The molecule has 0 saturated heterocycles. The molecule has 0 aliphatic rings. The molecule has 166 valence electrons. The maximum atomic E-state index is 12.1. The van der Waals surface area contributed by atoms with Crippen molar-refractivity contribution in [1.82, 2.24) is 0 Å². The van der Waals surface area contributed by atoms with Crippen LogP contribution >= 0.6 is 0 Å². The van der Waals surface area contributed by atoms with E-state index >= 15 is 0 Å². The summed E-state index contributed by atoms with van der Waals surface area (Å²) in [5.41, 5.74) is 0.738. The Hall–Kier alpha value is -1.05. The van der Waals surface area contributed by atoms with E-state index in [1.807, 2.05) is 0 Å². The first-order valence-electron chi connectivity index (χ1n) is 11.0. The minimum atomic E-state index is -4.23.